The van der Waals surface area contributed by atoms with Crippen LogP contribution in [0.5, 0.6) is 0 Å². The molecular weight excluding hydrogens is 110 g/mol. The van der Waals surface area contributed by atoms with Gasteiger partial charge in [0.05, 0.1) is 12.6 Å². The maximum Gasteiger partial charge on any atom is 0.0693 e. The number of carboxylic acid groups (broad SMARTS) is 1. The van der Waals surface area contributed by atoms with Gasteiger partial charge < -0.3 is 21.2 Å². The highest BCUT2D eigenvalue weighted by Gasteiger charge is 1.86. The minimum atomic E-state index is -1.40. The Morgan fingerprint density at radius 2 is 2.12 bits per heavy atom. The van der Waals surface area contributed by atoms with E-state index in [4.69, 9.17) is 5.11 Å². The van der Waals surface area contributed by atoms with Gasteiger partial charge in [0.15, 0.2) is 0 Å². The minimum absolute atomic E-state index is 0. The molecule has 0 bridgehead atoms. The van der Waals surface area contributed by atoms with Crippen LogP contribution in [0.2, 0.25) is 0 Å². The van der Waals surface area contributed by atoms with E-state index in [1.807, 2.05) is 0 Å². The van der Waals surface area contributed by atoms with Crippen molar-refractivity contribution in [2.75, 3.05) is 6.61 Å². The summed E-state index contributed by atoms with van der Waals surface area (Å²) in [6, 6.07) is 0. The van der Waals surface area contributed by atoms with Crippen molar-refractivity contribution < 1.29 is 15.0 Å². The molecule has 0 aliphatic heterocycles. The predicted molar refractivity (Wildman–Crippen MR) is 27.2 cm³/mol. The third-order valence-electron chi connectivity index (χ3n) is 0.480. The van der Waals surface area contributed by atoms with Gasteiger partial charge in [-0.15, -0.1) is 0 Å². The molecular formula is C4H9NO3. The monoisotopic (exact) mass is 119 g/mol. The summed E-state index contributed by atoms with van der Waals surface area (Å²) in [5, 5.41) is 17.5. The summed E-state index contributed by atoms with van der Waals surface area (Å²) in [7, 11) is 0. The highest BCUT2D eigenvalue weighted by atomic mass is 16.4. The lowest BCUT2D eigenvalue weighted by atomic mass is 10.3. The number of carbonyl (C=O) groups is 1. The van der Waals surface area contributed by atoms with Crippen LogP contribution in [0.3, 0.4) is 0 Å². The zero-order chi connectivity index (χ0) is 5.86. The molecule has 0 radical (unpaired) electrons. The first-order valence-corrected chi connectivity index (χ1v) is 1.68. The Balaban J connectivity index is 0. The van der Waals surface area contributed by atoms with Crippen LogP contribution in [-0.2, 0) is 4.79 Å². The van der Waals surface area contributed by atoms with Crippen molar-refractivity contribution in [3.8, 4) is 0 Å². The van der Waals surface area contributed by atoms with Gasteiger partial charge in [0.2, 0.25) is 0 Å². The molecule has 4 nitrogen and oxygen atoms in total. The van der Waals surface area contributed by atoms with Gasteiger partial charge in [0, 0.05) is 0 Å². The van der Waals surface area contributed by atoms with Gasteiger partial charge in [-0.1, -0.05) is 6.58 Å². The van der Waals surface area contributed by atoms with Crippen molar-refractivity contribution in [2.45, 2.75) is 0 Å². The number of hydrogen-bond donors (Lipinski definition) is 2. The fraction of sp³-hybridized carbons (Fsp3) is 0.250. The van der Waals surface area contributed by atoms with Crippen LogP contribution in [0.4, 0.5) is 0 Å². The number of aliphatic carboxylic acids is 1. The Hall–Kier alpha value is -0.870. The predicted octanol–water partition coefficient (Wildman–Crippen LogP) is -1.34. The third kappa shape index (κ3) is 3.32. The lowest BCUT2D eigenvalue weighted by Crippen LogP contribution is -2.25. The van der Waals surface area contributed by atoms with Gasteiger partial charge in [-0.3, -0.25) is 0 Å². The molecule has 0 amide bonds. The van der Waals surface area contributed by atoms with Crippen molar-refractivity contribution in [1.82, 2.24) is 6.15 Å². The molecule has 0 heterocycles. The highest BCUT2D eigenvalue weighted by Crippen LogP contribution is 1.79. The van der Waals surface area contributed by atoms with Crippen molar-refractivity contribution in [1.29, 1.82) is 0 Å². The quantitative estimate of drug-likeness (QED) is 0.440. The van der Waals surface area contributed by atoms with Crippen LogP contribution < -0.4 is 11.3 Å². The molecule has 0 aliphatic rings. The fourth-order valence-electron chi connectivity index (χ4n) is 0.0645. The van der Waals surface area contributed by atoms with E-state index < -0.39 is 12.6 Å². The van der Waals surface area contributed by atoms with Gasteiger partial charge in [-0.25, -0.2) is 0 Å². The van der Waals surface area contributed by atoms with Gasteiger partial charge >= 0.3 is 0 Å². The number of carboxylic acids is 1. The smallest absolute Gasteiger partial charge is 0.0693 e. The molecule has 0 fully saturated rings. The Morgan fingerprint density at radius 1 is 1.75 bits per heavy atom. The van der Waals surface area contributed by atoms with Crippen molar-refractivity contribution in [3.05, 3.63) is 12.2 Å². The average Bonchev–Trinajstić information content (AvgIpc) is 1.65. The molecule has 0 atom stereocenters. The van der Waals surface area contributed by atoms with E-state index in [2.05, 4.69) is 6.58 Å². The first-order chi connectivity index (χ1) is 3.18. The summed E-state index contributed by atoms with van der Waals surface area (Å²) in [6.07, 6.45) is 0. The standard InChI is InChI=1S/C4H6O3.H3N/c1-3(2-5)4(6)7;/h5H,1-2H2,(H,6,7);1H3. The molecule has 0 rings (SSSR count). The summed E-state index contributed by atoms with van der Waals surface area (Å²) in [5.74, 6) is -1.40. The summed E-state index contributed by atoms with van der Waals surface area (Å²) >= 11 is 0. The van der Waals surface area contributed by atoms with E-state index in [1.54, 1.807) is 0 Å². The number of hydrogen-bond acceptors (Lipinski definition) is 3. The third-order valence-corrected chi connectivity index (χ3v) is 0.480. The van der Waals surface area contributed by atoms with Crippen LogP contribution in [0, 0.1) is 0 Å². The van der Waals surface area contributed by atoms with Crippen LogP contribution in [0.1, 0.15) is 0 Å². The number of carbonyl (C=O) groups excluding carboxylic acids is 1. The van der Waals surface area contributed by atoms with Crippen molar-refractivity contribution >= 4 is 5.97 Å². The number of rotatable bonds is 2. The Bertz CT molecular complexity index is 99.5. The summed E-state index contributed by atoms with van der Waals surface area (Å²) in [4.78, 5) is 9.56. The lowest BCUT2D eigenvalue weighted by molar-refractivity contribution is -0.299. The van der Waals surface area contributed by atoms with Gasteiger partial charge in [0.1, 0.15) is 0 Å². The second kappa shape index (κ2) is 4.29. The van der Waals surface area contributed by atoms with E-state index in [-0.39, 0.29) is 11.7 Å². The summed E-state index contributed by atoms with van der Waals surface area (Å²) in [6.45, 7) is 2.42. The minimum Gasteiger partial charge on any atom is -0.545 e. The molecule has 0 saturated heterocycles. The molecule has 0 aromatic heterocycles. The highest BCUT2D eigenvalue weighted by molar-refractivity contribution is 5.83. The van der Waals surface area contributed by atoms with Crippen LogP contribution >= 0.6 is 0 Å². The lowest BCUT2D eigenvalue weighted by Gasteiger charge is -1.98. The van der Waals surface area contributed by atoms with Gasteiger partial charge in [0.25, 0.3) is 0 Å². The van der Waals surface area contributed by atoms with Gasteiger partial charge in [-0.2, -0.15) is 0 Å². The van der Waals surface area contributed by atoms with E-state index in [0.717, 1.165) is 0 Å². The first kappa shape index (κ1) is 10.2. The Kier molecular flexibility index (Phi) is 5.46. The fourth-order valence-corrected chi connectivity index (χ4v) is 0.0645. The van der Waals surface area contributed by atoms with Crippen LogP contribution in [0.15, 0.2) is 12.2 Å². The second-order valence-electron chi connectivity index (χ2n) is 1.05. The maximum absolute atomic E-state index is 9.56. The second-order valence-corrected chi connectivity index (χ2v) is 1.05. The Morgan fingerprint density at radius 3 is 2.12 bits per heavy atom. The molecule has 8 heavy (non-hydrogen) atoms. The average molecular weight is 119 g/mol. The van der Waals surface area contributed by atoms with Gasteiger partial charge in [-0.05, 0) is 5.57 Å². The number of aliphatic hydroxyl groups is 1. The molecule has 0 aromatic carbocycles. The van der Waals surface area contributed by atoms with E-state index in [0.29, 0.717) is 0 Å². The zero-order valence-electron chi connectivity index (χ0n) is 4.68. The van der Waals surface area contributed by atoms with Crippen LogP contribution in [-0.4, -0.2) is 17.7 Å². The van der Waals surface area contributed by atoms with Crippen molar-refractivity contribution in [3.63, 3.8) is 0 Å². The largest absolute Gasteiger partial charge is 0.545 e. The maximum atomic E-state index is 9.56. The number of quaternary nitrogens is 1. The molecule has 5 N–H and O–H groups in total. The Labute approximate surface area is 47.0 Å². The normalized spacial score (nSPS) is 7.12. The van der Waals surface area contributed by atoms with E-state index >= 15 is 0 Å². The van der Waals surface area contributed by atoms with Crippen molar-refractivity contribution in [2.24, 2.45) is 0 Å². The molecule has 4 heteroatoms. The molecule has 48 valence electrons. The molecule has 0 spiro atoms. The molecule has 0 unspecified atom stereocenters. The number of aliphatic hydroxyl groups excluding tert-OH is 1. The van der Waals surface area contributed by atoms with Crippen LogP contribution in [0.25, 0.3) is 0 Å². The van der Waals surface area contributed by atoms with E-state index in [9.17, 15) is 9.90 Å². The first-order valence-electron chi connectivity index (χ1n) is 1.68. The molecule has 0 aromatic rings. The topological polar surface area (TPSA) is 96.9 Å². The van der Waals surface area contributed by atoms with E-state index in [1.165, 1.54) is 0 Å². The SMILES string of the molecule is C=C(CO)C(=O)[O-].[NH4+]. The zero-order valence-corrected chi connectivity index (χ0v) is 4.68. The summed E-state index contributed by atoms with van der Waals surface area (Å²) < 4.78 is 0. The summed E-state index contributed by atoms with van der Waals surface area (Å²) in [5.41, 5.74) is -0.292. The molecule has 0 aliphatic carbocycles. The molecule has 0 saturated carbocycles.